The fourth-order valence-electron chi connectivity index (χ4n) is 2.15. The van der Waals surface area contributed by atoms with E-state index in [1.54, 1.807) is 6.92 Å². The maximum Gasteiger partial charge on any atom is 0.343 e. The molecule has 0 aromatic carbocycles. The fraction of sp³-hybridized carbons (Fsp3) is 0.545. The lowest BCUT2D eigenvalue weighted by atomic mass is 10.1. The Kier molecular flexibility index (Phi) is 3.44. The van der Waals surface area contributed by atoms with Crippen molar-refractivity contribution in [1.29, 1.82) is 0 Å². The van der Waals surface area contributed by atoms with Crippen LogP contribution in [-0.4, -0.2) is 43.0 Å². The molecule has 1 aromatic heterocycles. The van der Waals surface area contributed by atoms with Crippen LogP contribution in [0.5, 0.6) is 0 Å². The first-order valence-corrected chi connectivity index (χ1v) is 7.59. The summed E-state index contributed by atoms with van der Waals surface area (Å²) in [7, 11) is -1.76. The molecule has 8 heteroatoms. The summed E-state index contributed by atoms with van der Waals surface area (Å²) in [5.41, 5.74) is 6.27. The number of hydrogen-bond acceptors (Lipinski definition) is 7. The van der Waals surface area contributed by atoms with E-state index in [9.17, 15) is 13.2 Å². The zero-order valence-electron chi connectivity index (χ0n) is 10.7. The van der Waals surface area contributed by atoms with E-state index < -0.39 is 15.8 Å². The van der Waals surface area contributed by atoms with Crippen LogP contribution in [-0.2, 0) is 14.6 Å². The molecule has 1 atom stereocenters. The van der Waals surface area contributed by atoms with E-state index in [0.717, 1.165) is 0 Å². The van der Waals surface area contributed by atoms with Crippen LogP contribution < -0.4 is 5.73 Å². The highest BCUT2D eigenvalue weighted by Crippen LogP contribution is 2.28. The first-order valence-electron chi connectivity index (χ1n) is 5.77. The van der Waals surface area contributed by atoms with Crippen molar-refractivity contribution < 1.29 is 17.9 Å². The number of carbonyl (C=O) groups is 1. The molecule has 0 amide bonds. The molecule has 0 radical (unpaired) electrons. The van der Waals surface area contributed by atoms with Gasteiger partial charge in [0.15, 0.2) is 9.84 Å². The van der Waals surface area contributed by atoms with Crippen LogP contribution in [0.3, 0.4) is 0 Å². The van der Waals surface area contributed by atoms with Gasteiger partial charge in [-0.05, 0) is 13.3 Å². The Morgan fingerprint density at radius 2 is 2.11 bits per heavy atom. The van der Waals surface area contributed by atoms with Gasteiger partial charge in [0.05, 0.1) is 24.3 Å². The van der Waals surface area contributed by atoms with E-state index in [-0.39, 0.29) is 28.8 Å². The third-order valence-corrected chi connectivity index (χ3v) is 4.89. The summed E-state index contributed by atoms with van der Waals surface area (Å²) >= 11 is 0. The summed E-state index contributed by atoms with van der Waals surface area (Å²) in [5.74, 6) is -0.275. The van der Waals surface area contributed by atoms with Crippen LogP contribution in [0.4, 0.5) is 5.82 Å². The Balaban J connectivity index is 2.38. The van der Waals surface area contributed by atoms with Gasteiger partial charge in [0.1, 0.15) is 17.2 Å². The summed E-state index contributed by atoms with van der Waals surface area (Å²) in [6, 6.07) is 0. The number of rotatable bonds is 2. The van der Waals surface area contributed by atoms with E-state index in [1.165, 1.54) is 7.11 Å². The molecule has 1 saturated heterocycles. The summed E-state index contributed by atoms with van der Waals surface area (Å²) in [6.45, 7) is 1.62. The lowest BCUT2D eigenvalue weighted by Gasteiger charge is -2.11. The normalized spacial score (nSPS) is 21.3. The monoisotopic (exact) mass is 285 g/mol. The summed E-state index contributed by atoms with van der Waals surface area (Å²) in [4.78, 5) is 19.8. The van der Waals surface area contributed by atoms with Gasteiger partial charge in [-0.2, -0.15) is 0 Å². The van der Waals surface area contributed by atoms with Gasteiger partial charge >= 0.3 is 5.97 Å². The standard InChI is InChI=1S/C11H15N3O4S/c1-6-8(11(15)18-2)9(12)14-10(13-6)7-3-4-19(16,17)5-7/h7H,3-5H2,1-2H3,(H2,12,13,14). The van der Waals surface area contributed by atoms with Crippen LogP contribution in [0.1, 0.15) is 34.2 Å². The lowest BCUT2D eigenvalue weighted by molar-refractivity contribution is 0.0600. The predicted molar refractivity (Wildman–Crippen MR) is 68.5 cm³/mol. The van der Waals surface area contributed by atoms with Crippen molar-refractivity contribution >= 4 is 21.6 Å². The Morgan fingerprint density at radius 1 is 1.42 bits per heavy atom. The average Bonchev–Trinajstić information content (AvgIpc) is 2.68. The van der Waals surface area contributed by atoms with Crippen LogP contribution in [0.2, 0.25) is 0 Å². The molecule has 0 bridgehead atoms. The fourth-order valence-corrected chi connectivity index (χ4v) is 3.89. The van der Waals surface area contributed by atoms with Gasteiger partial charge in [0.25, 0.3) is 0 Å². The van der Waals surface area contributed by atoms with Crippen LogP contribution in [0.15, 0.2) is 0 Å². The van der Waals surface area contributed by atoms with E-state index in [1.807, 2.05) is 0 Å². The van der Waals surface area contributed by atoms with Crippen LogP contribution in [0.25, 0.3) is 0 Å². The third kappa shape index (κ3) is 2.67. The van der Waals surface area contributed by atoms with Crippen molar-refractivity contribution in [3.63, 3.8) is 0 Å². The number of nitrogens with two attached hydrogens (primary N) is 1. The first kappa shape index (κ1) is 13.7. The molecule has 0 saturated carbocycles. The van der Waals surface area contributed by atoms with Gasteiger partial charge in [-0.1, -0.05) is 0 Å². The number of hydrogen-bond donors (Lipinski definition) is 1. The van der Waals surface area contributed by atoms with Gasteiger partial charge in [-0.25, -0.2) is 23.2 Å². The Morgan fingerprint density at radius 3 is 2.58 bits per heavy atom. The number of ether oxygens (including phenoxy) is 1. The summed E-state index contributed by atoms with van der Waals surface area (Å²) in [6.07, 6.45) is 0.485. The number of nitrogen functional groups attached to an aromatic ring is 1. The number of sulfone groups is 1. The Labute approximate surface area is 111 Å². The van der Waals surface area contributed by atoms with Gasteiger partial charge in [-0.15, -0.1) is 0 Å². The molecule has 2 N–H and O–H groups in total. The molecule has 0 aliphatic carbocycles. The minimum atomic E-state index is -3.01. The lowest BCUT2D eigenvalue weighted by Crippen LogP contribution is -2.16. The second kappa shape index (κ2) is 4.76. The second-order valence-corrected chi connectivity index (χ2v) is 6.75. The third-order valence-electron chi connectivity index (χ3n) is 3.12. The van der Waals surface area contributed by atoms with E-state index >= 15 is 0 Å². The number of aromatic nitrogens is 2. The van der Waals surface area contributed by atoms with Crippen LogP contribution in [0, 0.1) is 6.92 Å². The van der Waals surface area contributed by atoms with Gasteiger partial charge in [0, 0.05) is 5.92 Å². The SMILES string of the molecule is COC(=O)c1c(C)nc(C2CCS(=O)(=O)C2)nc1N. The summed E-state index contributed by atoms with van der Waals surface area (Å²) < 4.78 is 27.5. The molecule has 19 heavy (non-hydrogen) atoms. The highest BCUT2D eigenvalue weighted by Gasteiger charge is 2.32. The molecule has 7 nitrogen and oxygen atoms in total. The number of aryl methyl sites for hydroxylation is 1. The molecular weight excluding hydrogens is 270 g/mol. The number of carbonyl (C=O) groups excluding carboxylic acids is 1. The smallest absolute Gasteiger partial charge is 0.343 e. The molecule has 1 unspecified atom stereocenters. The van der Waals surface area contributed by atoms with Crippen molar-refractivity contribution in [3.05, 3.63) is 17.1 Å². The highest BCUT2D eigenvalue weighted by atomic mass is 32.2. The molecule has 2 rings (SSSR count). The zero-order valence-corrected chi connectivity index (χ0v) is 11.5. The number of esters is 1. The Bertz CT molecular complexity index is 604. The van der Waals surface area contributed by atoms with E-state index in [2.05, 4.69) is 14.7 Å². The van der Waals surface area contributed by atoms with Gasteiger partial charge in [0.2, 0.25) is 0 Å². The van der Waals surface area contributed by atoms with Crippen molar-refractivity contribution in [1.82, 2.24) is 9.97 Å². The van der Waals surface area contributed by atoms with E-state index in [4.69, 9.17) is 5.73 Å². The molecule has 1 aromatic rings. The van der Waals surface area contributed by atoms with Gasteiger partial charge < -0.3 is 10.5 Å². The number of methoxy groups -OCH3 is 1. The quantitative estimate of drug-likeness (QED) is 0.764. The Hall–Kier alpha value is -1.70. The molecule has 1 fully saturated rings. The zero-order chi connectivity index (χ0) is 14.2. The topological polar surface area (TPSA) is 112 Å². The van der Waals surface area contributed by atoms with Crippen molar-refractivity contribution in [3.8, 4) is 0 Å². The minimum absolute atomic E-state index is 0.0265. The maximum atomic E-state index is 11.5. The average molecular weight is 285 g/mol. The maximum absolute atomic E-state index is 11.5. The van der Waals surface area contributed by atoms with Crippen molar-refractivity contribution in [2.75, 3.05) is 24.3 Å². The predicted octanol–water partition coefficient (Wildman–Crippen LogP) is 0.0559. The highest BCUT2D eigenvalue weighted by molar-refractivity contribution is 7.91. The number of anilines is 1. The molecule has 104 valence electrons. The van der Waals surface area contributed by atoms with Gasteiger partial charge in [-0.3, -0.25) is 0 Å². The first-order chi connectivity index (χ1) is 8.84. The summed E-state index contributed by atoms with van der Waals surface area (Å²) in [5, 5.41) is 0. The van der Waals surface area contributed by atoms with E-state index in [0.29, 0.717) is 17.9 Å². The molecule has 1 aliphatic heterocycles. The minimum Gasteiger partial charge on any atom is -0.465 e. The van der Waals surface area contributed by atoms with Crippen molar-refractivity contribution in [2.45, 2.75) is 19.3 Å². The molecule has 0 spiro atoms. The molecule has 1 aliphatic rings. The number of nitrogens with zero attached hydrogens (tertiary/aromatic N) is 2. The molecular formula is C11H15N3O4S. The van der Waals surface area contributed by atoms with Crippen molar-refractivity contribution in [2.24, 2.45) is 0 Å². The second-order valence-electron chi connectivity index (χ2n) is 4.52. The van der Waals surface area contributed by atoms with Crippen LogP contribution >= 0.6 is 0 Å². The molecule has 2 heterocycles. The largest absolute Gasteiger partial charge is 0.465 e.